The van der Waals surface area contributed by atoms with Gasteiger partial charge in [0.05, 0.1) is 6.61 Å². The summed E-state index contributed by atoms with van der Waals surface area (Å²) in [4.78, 5) is 13.6. The van der Waals surface area contributed by atoms with Gasteiger partial charge in [-0.05, 0) is 37.3 Å². The van der Waals surface area contributed by atoms with Crippen molar-refractivity contribution in [1.29, 1.82) is 0 Å². The van der Waals surface area contributed by atoms with Gasteiger partial charge in [-0.25, -0.2) is 0 Å². The van der Waals surface area contributed by atoms with Crippen LogP contribution in [0.1, 0.15) is 19.3 Å². The van der Waals surface area contributed by atoms with Gasteiger partial charge in [-0.3, -0.25) is 4.79 Å². The van der Waals surface area contributed by atoms with Gasteiger partial charge in [0.25, 0.3) is 0 Å². The monoisotopic (exact) mass is 277 g/mol. The standard InChI is InChI=1S/C16H23NO3/c1-19-13-16(18)17-10-7-14(8-11-17)9-12-20-15-5-3-2-4-6-15/h2-6,14H,7-13H2,1H3. The summed E-state index contributed by atoms with van der Waals surface area (Å²) in [6, 6.07) is 9.90. The molecule has 1 amide bonds. The van der Waals surface area contributed by atoms with Crippen molar-refractivity contribution in [2.75, 3.05) is 33.4 Å². The Labute approximate surface area is 120 Å². The molecule has 0 spiro atoms. The molecule has 0 aromatic heterocycles. The van der Waals surface area contributed by atoms with Gasteiger partial charge >= 0.3 is 0 Å². The fraction of sp³-hybridized carbons (Fsp3) is 0.562. The third-order valence-corrected chi connectivity index (χ3v) is 3.77. The lowest BCUT2D eigenvalue weighted by Gasteiger charge is -2.31. The van der Waals surface area contributed by atoms with Crippen LogP contribution in [0, 0.1) is 5.92 Å². The molecule has 0 aliphatic carbocycles. The molecule has 0 unspecified atom stereocenters. The van der Waals surface area contributed by atoms with Crippen LogP contribution < -0.4 is 4.74 Å². The maximum absolute atomic E-state index is 11.7. The van der Waals surface area contributed by atoms with Gasteiger partial charge < -0.3 is 14.4 Å². The molecule has 1 aliphatic rings. The van der Waals surface area contributed by atoms with Crippen LogP contribution in [-0.4, -0.2) is 44.2 Å². The molecule has 0 N–H and O–H groups in total. The molecule has 1 saturated heterocycles. The third kappa shape index (κ3) is 4.53. The maximum Gasteiger partial charge on any atom is 0.248 e. The molecule has 1 heterocycles. The van der Waals surface area contributed by atoms with Gasteiger partial charge in [-0.2, -0.15) is 0 Å². The molecule has 2 rings (SSSR count). The number of nitrogens with zero attached hydrogens (tertiary/aromatic N) is 1. The second-order valence-electron chi connectivity index (χ2n) is 5.21. The van der Waals surface area contributed by atoms with Crippen molar-refractivity contribution in [3.05, 3.63) is 30.3 Å². The molecular formula is C16H23NO3. The highest BCUT2D eigenvalue weighted by atomic mass is 16.5. The Kier molecular flexibility index (Phi) is 5.87. The topological polar surface area (TPSA) is 38.8 Å². The molecule has 110 valence electrons. The Balaban J connectivity index is 1.63. The molecule has 0 atom stereocenters. The first-order chi connectivity index (χ1) is 9.79. The molecule has 1 aliphatic heterocycles. The molecule has 0 radical (unpaired) electrons. The normalized spacial score (nSPS) is 16.1. The number of benzene rings is 1. The van der Waals surface area contributed by atoms with Crippen LogP contribution in [0.15, 0.2) is 30.3 Å². The SMILES string of the molecule is COCC(=O)N1CCC(CCOc2ccccc2)CC1. The lowest BCUT2D eigenvalue weighted by atomic mass is 9.94. The number of para-hydroxylation sites is 1. The number of ether oxygens (including phenoxy) is 2. The molecule has 0 saturated carbocycles. The number of rotatable bonds is 6. The second-order valence-corrected chi connectivity index (χ2v) is 5.21. The number of hydrogen-bond acceptors (Lipinski definition) is 3. The number of piperidine rings is 1. The van der Waals surface area contributed by atoms with E-state index in [0.717, 1.165) is 44.7 Å². The Morgan fingerprint density at radius 3 is 2.60 bits per heavy atom. The predicted molar refractivity (Wildman–Crippen MR) is 77.7 cm³/mol. The van der Waals surface area contributed by atoms with E-state index in [1.54, 1.807) is 7.11 Å². The zero-order valence-corrected chi connectivity index (χ0v) is 12.1. The van der Waals surface area contributed by atoms with Gasteiger partial charge in [0.15, 0.2) is 0 Å². The summed E-state index contributed by atoms with van der Waals surface area (Å²) in [7, 11) is 1.56. The first-order valence-electron chi connectivity index (χ1n) is 7.24. The van der Waals surface area contributed by atoms with Crippen molar-refractivity contribution in [3.8, 4) is 5.75 Å². The highest BCUT2D eigenvalue weighted by Crippen LogP contribution is 2.21. The highest BCUT2D eigenvalue weighted by Gasteiger charge is 2.22. The van der Waals surface area contributed by atoms with E-state index in [4.69, 9.17) is 9.47 Å². The number of likely N-dealkylation sites (tertiary alicyclic amines) is 1. The summed E-state index contributed by atoms with van der Waals surface area (Å²) in [6.45, 7) is 2.64. The minimum absolute atomic E-state index is 0.103. The van der Waals surface area contributed by atoms with E-state index in [0.29, 0.717) is 5.92 Å². The van der Waals surface area contributed by atoms with Gasteiger partial charge in [-0.15, -0.1) is 0 Å². The minimum Gasteiger partial charge on any atom is -0.494 e. The molecule has 20 heavy (non-hydrogen) atoms. The number of amides is 1. The molecular weight excluding hydrogens is 254 g/mol. The Hall–Kier alpha value is -1.55. The van der Waals surface area contributed by atoms with E-state index in [2.05, 4.69) is 0 Å². The largest absolute Gasteiger partial charge is 0.494 e. The van der Waals surface area contributed by atoms with Crippen LogP contribution in [-0.2, 0) is 9.53 Å². The molecule has 0 bridgehead atoms. The van der Waals surface area contributed by atoms with Crippen LogP contribution in [0.5, 0.6) is 5.75 Å². The van der Waals surface area contributed by atoms with Gasteiger partial charge in [0.2, 0.25) is 5.91 Å². The fourth-order valence-corrected chi connectivity index (χ4v) is 2.55. The summed E-state index contributed by atoms with van der Waals surface area (Å²) in [5, 5.41) is 0. The van der Waals surface area contributed by atoms with Gasteiger partial charge in [-0.1, -0.05) is 18.2 Å². The summed E-state index contributed by atoms with van der Waals surface area (Å²) >= 11 is 0. The van der Waals surface area contributed by atoms with Gasteiger partial charge in [0, 0.05) is 20.2 Å². The van der Waals surface area contributed by atoms with Crippen molar-refractivity contribution in [2.24, 2.45) is 5.92 Å². The number of methoxy groups -OCH3 is 1. The zero-order chi connectivity index (χ0) is 14.2. The molecule has 1 aromatic rings. The minimum atomic E-state index is 0.103. The Morgan fingerprint density at radius 1 is 1.25 bits per heavy atom. The van der Waals surface area contributed by atoms with Crippen molar-refractivity contribution in [2.45, 2.75) is 19.3 Å². The van der Waals surface area contributed by atoms with E-state index in [1.807, 2.05) is 35.2 Å². The second kappa shape index (κ2) is 7.90. The van der Waals surface area contributed by atoms with Gasteiger partial charge in [0.1, 0.15) is 12.4 Å². The lowest BCUT2D eigenvalue weighted by Crippen LogP contribution is -2.40. The third-order valence-electron chi connectivity index (χ3n) is 3.77. The number of hydrogen-bond donors (Lipinski definition) is 0. The first-order valence-corrected chi connectivity index (χ1v) is 7.24. The number of carbonyl (C=O) groups excluding carboxylic acids is 1. The quantitative estimate of drug-likeness (QED) is 0.801. The van der Waals surface area contributed by atoms with E-state index in [9.17, 15) is 4.79 Å². The number of carbonyl (C=O) groups is 1. The van der Waals surface area contributed by atoms with Crippen molar-refractivity contribution >= 4 is 5.91 Å². The van der Waals surface area contributed by atoms with Crippen molar-refractivity contribution < 1.29 is 14.3 Å². The van der Waals surface area contributed by atoms with Crippen LogP contribution in [0.2, 0.25) is 0 Å². The van der Waals surface area contributed by atoms with E-state index < -0.39 is 0 Å². The van der Waals surface area contributed by atoms with Crippen molar-refractivity contribution in [1.82, 2.24) is 4.90 Å². The average Bonchev–Trinajstić information content (AvgIpc) is 2.49. The molecule has 1 fully saturated rings. The summed E-state index contributed by atoms with van der Waals surface area (Å²) in [5.74, 6) is 1.69. The zero-order valence-electron chi connectivity index (χ0n) is 12.1. The lowest BCUT2D eigenvalue weighted by molar-refractivity contribution is -0.136. The predicted octanol–water partition coefficient (Wildman–Crippen LogP) is 2.34. The van der Waals surface area contributed by atoms with Crippen LogP contribution in [0.25, 0.3) is 0 Å². The summed E-state index contributed by atoms with van der Waals surface area (Å²) in [5.41, 5.74) is 0. The van der Waals surface area contributed by atoms with E-state index >= 15 is 0 Å². The Bertz CT molecular complexity index is 399. The van der Waals surface area contributed by atoms with Crippen LogP contribution in [0.3, 0.4) is 0 Å². The summed E-state index contributed by atoms with van der Waals surface area (Å²) in [6.07, 6.45) is 3.18. The molecule has 4 heteroatoms. The average molecular weight is 277 g/mol. The Morgan fingerprint density at radius 2 is 1.95 bits per heavy atom. The smallest absolute Gasteiger partial charge is 0.248 e. The van der Waals surface area contributed by atoms with Crippen LogP contribution >= 0.6 is 0 Å². The summed E-state index contributed by atoms with van der Waals surface area (Å²) < 4.78 is 10.6. The molecule has 4 nitrogen and oxygen atoms in total. The maximum atomic E-state index is 11.7. The molecule has 1 aromatic carbocycles. The first kappa shape index (κ1) is 14.9. The van der Waals surface area contributed by atoms with Crippen molar-refractivity contribution in [3.63, 3.8) is 0 Å². The van der Waals surface area contributed by atoms with Crippen LogP contribution in [0.4, 0.5) is 0 Å². The fourth-order valence-electron chi connectivity index (χ4n) is 2.55. The van der Waals surface area contributed by atoms with E-state index in [-0.39, 0.29) is 12.5 Å². The highest BCUT2D eigenvalue weighted by molar-refractivity contribution is 5.77. The van der Waals surface area contributed by atoms with E-state index in [1.165, 1.54) is 0 Å².